The molecule has 1 amide bonds. The molecule has 4 nitrogen and oxygen atoms in total. The second-order valence-corrected chi connectivity index (χ2v) is 6.76. The largest absolute Gasteiger partial charge is 0.358 e. The molecule has 0 radical (unpaired) electrons. The van der Waals surface area contributed by atoms with Crippen LogP contribution in [0.4, 0.5) is 4.39 Å². The van der Waals surface area contributed by atoms with Crippen molar-refractivity contribution in [1.82, 2.24) is 10.3 Å². The summed E-state index contributed by atoms with van der Waals surface area (Å²) in [6.45, 7) is 0. The smallest absolute Gasteiger partial charge is 0.241 e. The van der Waals surface area contributed by atoms with E-state index in [0.29, 0.717) is 22.2 Å². The number of carbonyl (C=O) groups excluding carboxylic acids is 1. The normalized spacial score (nSPS) is 11.2. The molecule has 2 aromatic carbocycles. The summed E-state index contributed by atoms with van der Waals surface area (Å²) in [4.78, 5) is 15.0. The Labute approximate surface area is 173 Å². The molecule has 1 aromatic heterocycles. The van der Waals surface area contributed by atoms with Gasteiger partial charge in [-0.3, -0.25) is 9.78 Å². The number of amides is 1. The summed E-state index contributed by atoms with van der Waals surface area (Å²) in [6.07, 6.45) is 1.87. The zero-order valence-corrected chi connectivity index (χ0v) is 16.7. The van der Waals surface area contributed by atoms with E-state index in [1.807, 2.05) is 42.5 Å². The average Bonchev–Trinajstić information content (AvgIpc) is 2.71. The summed E-state index contributed by atoms with van der Waals surface area (Å²) in [5.41, 5.74) is 7.81. The molecule has 3 rings (SSSR count). The maximum atomic E-state index is 13.4. The maximum Gasteiger partial charge on any atom is 0.241 e. The number of nitrogens with one attached hydrogen (secondary N) is 1. The van der Waals surface area contributed by atoms with Crippen LogP contribution in [0, 0.1) is 5.82 Å². The predicted octanol–water partition coefficient (Wildman–Crippen LogP) is 4.55. The summed E-state index contributed by atoms with van der Waals surface area (Å²) in [5, 5.41) is 3.46. The number of likely N-dealkylation sites (N-methyl/N-ethyl adjacent to an activating group) is 1. The molecular formula is C21H20Cl2FN3O. The van der Waals surface area contributed by atoms with Crippen molar-refractivity contribution in [3.05, 3.63) is 99.5 Å². The number of halogens is 3. The molecular weight excluding hydrogens is 400 g/mol. The minimum absolute atomic E-state index is 0.166. The molecule has 1 heterocycles. The first-order valence-electron chi connectivity index (χ1n) is 8.47. The molecule has 3 N–H and O–H groups in total. The van der Waals surface area contributed by atoms with Crippen LogP contribution in [0.1, 0.15) is 22.9 Å². The van der Waals surface area contributed by atoms with Crippen LogP contribution in [0.5, 0.6) is 0 Å². The van der Waals surface area contributed by atoms with E-state index in [4.69, 9.17) is 28.9 Å². The topological polar surface area (TPSA) is 68.0 Å². The van der Waals surface area contributed by atoms with Crippen LogP contribution in [0.15, 0.2) is 66.9 Å². The molecule has 0 aliphatic heterocycles. The van der Waals surface area contributed by atoms with E-state index < -0.39 is 6.04 Å². The van der Waals surface area contributed by atoms with Crippen molar-refractivity contribution >= 4 is 29.1 Å². The van der Waals surface area contributed by atoms with Gasteiger partial charge in [0.05, 0.1) is 10.7 Å². The van der Waals surface area contributed by atoms with Crippen LogP contribution < -0.4 is 11.1 Å². The molecule has 1 unspecified atom stereocenters. The van der Waals surface area contributed by atoms with E-state index in [1.54, 1.807) is 19.2 Å². The van der Waals surface area contributed by atoms with Gasteiger partial charge in [-0.25, -0.2) is 4.39 Å². The predicted molar refractivity (Wildman–Crippen MR) is 111 cm³/mol. The van der Waals surface area contributed by atoms with Gasteiger partial charge in [0, 0.05) is 24.7 Å². The van der Waals surface area contributed by atoms with Gasteiger partial charge in [0.15, 0.2) is 0 Å². The number of benzene rings is 2. The summed E-state index contributed by atoms with van der Waals surface area (Å²) < 4.78 is 13.4. The van der Waals surface area contributed by atoms with Crippen molar-refractivity contribution < 1.29 is 9.18 Å². The fourth-order valence-corrected chi connectivity index (χ4v) is 2.61. The molecule has 7 heteroatoms. The van der Waals surface area contributed by atoms with Gasteiger partial charge in [0.25, 0.3) is 0 Å². The molecule has 0 aliphatic carbocycles. The minimum Gasteiger partial charge on any atom is -0.358 e. The van der Waals surface area contributed by atoms with Crippen molar-refractivity contribution in [3.63, 3.8) is 0 Å². The number of nitrogens with two attached hydrogens (primary N) is 1. The van der Waals surface area contributed by atoms with Gasteiger partial charge in [-0.05, 0) is 29.3 Å². The van der Waals surface area contributed by atoms with Gasteiger partial charge >= 0.3 is 0 Å². The molecule has 0 bridgehead atoms. The molecule has 1 atom stereocenters. The van der Waals surface area contributed by atoms with Gasteiger partial charge < -0.3 is 11.1 Å². The van der Waals surface area contributed by atoms with Gasteiger partial charge in [0.1, 0.15) is 11.9 Å². The number of nitrogens with zero attached hydrogens (tertiary/aromatic N) is 1. The Balaban J connectivity index is 0.000000209. The van der Waals surface area contributed by atoms with E-state index in [2.05, 4.69) is 10.3 Å². The lowest BCUT2D eigenvalue weighted by molar-refractivity contribution is -0.121. The van der Waals surface area contributed by atoms with Crippen LogP contribution >= 0.6 is 23.2 Å². The lowest BCUT2D eigenvalue weighted by Crippen LogP contribution is -2.31. The number of carbonyl (C=O) groups is 1. The third kappa shape index (κ3) is 6.60. The third-order valence-corrected chi connectivity index (χ3v) is 4.32. The zero-order chi connectivity index (χ0) is 20.5. The number of aromatic nitrogens is 1. The first kappa shape index (κ1) is 21.8. The van der Waals surface area contributed by atoms with Crippen LogP contribution in [0.2, 0.25) is 10.0 Å². The Morgan fingerprint density at radius 1 is 1.11 bits per heavy atom. The van der Waals surface area contributed by atoms with E-state index >= 15 is 0 Å². The third-order valence-electron chi connectivity index (χ3n) is 3.86. The van der Waals surface area contributed by atoms with Crippen molar-refractivity contribution in [3.8, 4) is 0 Å². The van der Waals surface area contributed by atoms with E-state index in [1.165, 1.54) is 12.3 Å². The SMILES string of the molecule is CNC(=O)C(N)c1ccccc1.Fc1cc(Cl)cnc1Cc1ccc(Cl)cc1. The molecule has 0 aliphatic rings. The minimum atomic E-state index is -0.559. The first-order valence-corrected chi connectivity index (χ1v) is 9.22. The highest BCUT2D eigenvalue weighted by Crippen LogP contribution is 2.16. The standard InChI is InChI=1S/C12H8Cl2FN.C9H12N2O/c13-9-3-1-8(2-4-9)5-12-11(15)6-10(14)7-16-12;1-11-9(12)8(10)7-5-3-2-4-6-7/h1-4,6-7H,5H2;2-6,8H,10H2,1H3,(H,11,12). The van der Waals surface area contributed by atoms with Gasteiger partial charge in [-0.15, -0.1) is 0 Å². The van der Waals surface area contributed by atoms with E-state index in [9.17, 15) is 9.18 Å². The zero-order valence-electron chi connectivity index (χ0n) is 15.2. The molecule has 146 valence electrons. The van der Waals surface area contributed by atoms with Crippen LogP contribution in [-0.2, 0) is 11.2 Å². The molecule has 0 saturated heterocycles. The molecule has 28 heavy (non-hydrogen) atoms. The quantitative estimate of drug-likeness (QED) is 0.651. The molecule has 0 spiro atoms. The molecule has 0 fully saturated rings. The highest BCUT2D eigenvalue weighted by atomic mass is 35.5. The summed E-state index contributed by atoms with van der Waals surface area (Å²) >= 11 is 11.4. The number of pyridine rings is 1. The Morgan fingerprint density at radius 3 is 2.32 bits per heavy atom. The van der Waals surface area contributed by atoms with Crippen molar-refractivity contribution in [2.45, 2.75) is 12.5 Å². The number of hydrogen-bond donors (Lipinski definition) is 2. The van der Waals surface area contributed by atoms with Crippen molar-refractivity contribution in [2.24, 2.45) is 5.73 Å². The average molecular weight is 420 g/mol. The van der Waals surface area contributed by atoms with Crippen molar-refractivity contribution in [1.29, 1.82) is 0 Å². The Kier molecular flexibility index (Phi) is 8.39. The second kappa shape index (κ2) is 10.8. The lowest BCUT2D eigenvalue weighted by atomic mass is 10.1. The number of hydrogen-bond acceptors (Lipinski definition) is 3. The summed E-state index contributed by atoms with van der Waals surface area (Å²) in [7, 11) is 1.57. The summed E-state index contributed by atoms with van der Waals surface area (Å²) in [6, 6.07) is 17.2. The Morgan fingerprint density at radius 2 is 1.75 bits per heavy atom. The second-order valence-electron chi connectivity index (χ2n) is 5.89. The molecule has 0 saturated carbocycles. The van der Waals surface area contributed by atoms with Crippen LogP contribution in [0.25, 0.3) is 0 Å². The van der Waals surface area contributed by atoms with Gasteiger partial charge in [-0.2, -0.15) is 0 Å². The lowest BCUT2D eigenvalue weighted by Gasteiger charge is -2.09. The molecule has 3 aromatic rings. The van der Waals surface area contributed by atoms with Crippen molar-refractivity contribution in [2.75, 3.05) is 7.05 Å². The van der Waals surface area contributed by atoms with E-state index in [0.717, 1.165) is 11.1 Å². The fourth-order valence-electron chi connectivity index (χ4n) is 2.34. The fraction of sp³-hybridized carbons (Fsp3) is 0.143. The Bertz CT molecular complexity index is 905. The van der Waals surface area contributed by atoms with Crippen LogP contribution in [0.3, 0.4) is 0 Å². The number of rotatable bonds is 4. The van der Waals surface area contributed by atoms with E-state index in [-0.39, 0.29) is 11.7 Å². The van der Waals surface area contributed by atoms with Crippen LogP contribution in [-0.4, -0.2) is 17.9 Å². The van der Waals surface area contributed by atoms with Gasteiger partial charge in [0.2, 0.25) is 5.91 Å². The highest BCUT2D eigenvalue weighted by molar-refractivity contribution is 6.30. The first-order chi connectivity index (χ1) is 13.4. The summed E-state index contributed by atoms with van der Waals surface area (Å²) in [5.74, 6) is -0.552. The van der Waals surface area contributed by atoms with Gasteiger partial charge in [-0.1, -0.05) is 65.7 Å². The maximum absolute atomic E-state index is 13.4. The monoisotopic (exact) mass is 419 g/mol. The Hall–Kier alpha value is -2.47. The highest BCUT2D eigenvalue weighted by Gasteiger charge is 2.12.